The second-order valence-electron chi connectivity index (χ2n) is 7.93. The smallest absolute Gasteiger partial charge is 0.323 e. The third kappa shape index (κ3) is 5.86. The van der Waals surface area contributed by atoms with Gasteiger partial charge in [-0.05, 0) is 54.1 Å². The summed E-state index contributed by atoms with van der Waals surface area (Å²) in [6, 6.07) is 15.7. The van der Waals surface area contributed by atoms with Crippen LogP contribution >= 0.6 is 0 Å². The molecule has 3 aromatic rings. The second-order valence-corrected chi connectivity index (χ2v) is 7.93. The van der Waals surface area contributed by atoms with Crippen LogP contribution in [0.4, 0.5) is 35.0 Å². The van der Waals surface area contributed by atoms with Gasteiger partial charge in [-0.25, -0.2) is 18.0 Å². The Labute approximate surface area is 195 Å². The fourth-order valence-electron chi connectivity index (χ4n) is 3.73. The largest absolute Gasteiger partial charge is 0.368 e. The highest BCUT2D eigenvalue weighted by atomic mass is 19.2. The minimum atomic E-state index is -1.04. The van der Waals surface area contributed by atoms with E-state index in [9.17, 15) is 22.8 Å². The van der Waals surface area contributed by atoms with E-state index in [1.165, 1.54) is 18.2 Å². The van der Waals surface area contributed by atoms with Crippen molar-refractivity contribution in [2.75, 3.05) is 41.7 Å². The molecular formula is C25H23F3N4O2. The van der Waals surface area contributed by atoms with Gasteiger partial charge < -0.3 is 20.4 Å². The number of amides is 3. The van der Waals surface area contributed by atoms with Crippen LogP contribution in [0.25, 0.3) is 0 Å². The number of anilines is 3. The lowest BCUT2D eigenvalue weighted by molar-refractivity contribution is -0.130. The molecule has 2 N–H and O–H groups in total. The van der Waals surface area contributed by atoms with Gasteiger partial charge in [0.25, 0.3) is 0 Å². The van der Waals surface area contributed by atoms with Crippen molar-refractivity contribution in [3.8, 4) is 0 Å². The van der Waals surface area contributed by atoms with E-state index in [1.54, 1.807) is 29.2 Å². The van der Waals surface area contributed by atoms with E-state index in [4.69, 9.17) is 0 Å². The predicted molar refractivity (Wildman–Crippen MR) is 124 cm³/mol. The Balaban J connectivity index is 1.26. The molecule has 0 aromatic heterocycles. The summed E-state index contributed by atoms with van der Waals surface area (Å²) in [4.78, 5) is 28.6. The van der Waals surface area contributed by atoms with Gasteiger partial charge in [0, 0.05) is 49.3 Å². The van der Waals surface area contributed by atoms with Gasteiger partial charge in [-0.3, -0.25) is 4.79 Å². The van der Waals surface area contributed by atoms with Crippen LogP contribution in [0.5, 0.6) is 0 Å². The molecule has 3 amide bonds. The zero-order valence-electron chi connectivity index (χ0n) is 18.2. The first kappa shape index (κ1) is 23.2. The van der Waals surface area contributed by atoms with Gasteiger partial charge in [-0.2, -0.15) is 0 Å². The van der Waals surface area contributed by atoms with Gasteiger partial charge in [0.15, 0.2) is 11.6 Å². The van der Waals surface area contributed by atoms with Crippen LogP contribution in [0, 0.1) is 17.5 Å². The second kappa shape index (κ2) is 10.3. The third-order valence-electron chi connectivity index (χ3n) is 5.57. The first-order valence-electron chi connectivity index (χ1n) is 10.8. The summed E-state index contributed by atoms with van der Waals surface area (Å²) < 4.78 is 39.3. The minimum absolute atomic E-state index is 0.0119. The number of urea groups is 1. The Morgan fingerprint density at radius 2 is 1.35 bits per heavy atom. The number of hydrogen-bond donors (Lipinski definition) is 2. The van der Waals surface area contributed by atoms with Crippen molar-refractivity contribution in [2.24, 2.45) is 0 Å². The van der Waals surface area contributed by atoms with Crippen LogP contribution in [0.1, 0.15) is 5.56 Å². The van der Waals surface area contributed by atoms with Crippen molar-refractivity contribution in [2.45, 2.75) is 6.42 Å². The maximum atomic E-state index is 13.3. The van der Waals surface area contributed by atoms with E-state index >= 15 is 0 Å². The van der Waals surface area contributed by atoms with Gasteiger partial charge in [-0.1, -0.05) is 12.1 Å². The molecule has 0 aliphatic carbocycles. The van der Waals surface area contributed by atoms with Gasteiger partial charge in [0.1, 0.15) is 5.82 Å². The summed E-state index contributed by atoms with van der Waals surface area (Å²) >= 11 is 0. The lowest BCUT2D eigenvalue weighted by atomic mass is 10.1. The lowest BCUT2D eigenvalue weighted by Gasteiger charge is -2.36. The normalized spacial score (nSPS) is 13.5. The number of carbonyl (C=O) groups excluding carboxylic acids is 2. The highest BCUT2D eigenvalue weighted by Crippen LogP contribution is 2.20. The Morgan fingerprint density at radius 3 is 2.00 bits per heavy atom. The summed E-state index contributed by atoms with van der Waals surface area (Å²) in [7, 11) is 0. The molecule has 4 rings (SSSR count). The molecule has 9 heteroatoms. The van der Waals surface area contributed by atoms with Crippen molar-refractivity contribution in [3.63, 3.8) is 0 Å². The standard InChI is InChI=1S/C25H23F3N4O2/c26-18-3-1-17(2-4-18)15-24(33)32-13-11-31(12-14-32)21-8-5-19(6-9-21)29-25(34)30-20-7-10-22(27)23(28)16-20/h1-10,16H,11-15H2,(H2,29,30,34). The first-order valence-corrected chi connectivity index (χ1v) is 10.8. The van der Waals surface area contributed by atoms with E-state index in [-0.39, 0.29) is 23.8 Å². The molecule has 0 saturated carbocycles. The highest BCUT2D eigenvalue weighted by Gasteiger charge is 2.21. The first-order chi connectivity index (χ1) is 16.4. The lowest BCUT2D eigenvalue weighted by Crippen LogP contribution is -2.49. The molecule has 1 aliphatic rings. The quantitative estimate of drug-likeness (QED) is 0.574. The van der Waals surface area contributed by atoms with Gasteiger partial charge in [-0.15, -0.1) is 0 Å². The summed E-state index contributed by atoms with van der Waals surface area (Å²) in [6.45, 7) is 2.49. The topological polar surface area (TPSA) is 64.7 Å². The van der Waals surface area contributed by atoms with E-state index in [2.05, 4.69) is 15.5 Å². The predicted octanol–water partition coefficient (Wildman–Crippen LogP) is 4.64. The number of rotatable bonds is 5. The van der Waals surface area contributed by atoms with Crippen LogP contribution in [0.2, 0.25) is 0 Å². The maximum Gasteiger partial charge on any atom is 0.323 e. The third-order valence-corrected chi connectivity index (χ3v) is 5.57. The molecule has 0 spiro atoms. The van der Waals surface area contributed by atoms with Crippen LogP contribution in [0.3, 0.4) is 0 Å². The molecule has 6 nitrogen and oxygen atoms in total. The Kier molecular flexibility index (Phi) is 7.01. The number of carbonyl (C=O) groups is 2. The summed E-state index contributed by atoms with van der Waals surface area (Å²) in [5.41, 5.74) is 2.42. The van der Waals surface area contributed by atoms with E-state index < -0.39 is 17.7 Å². The Bertz CT molecular complexity index is 1160. The average molecular weight is 468 g/mol. The van der Waals surface area contributed by atoms with E-state index in [1.807, 2.05) is 12.1 Å². The molecule has 1 aliphatic heterocycles. The number of nitrogens with zero attached hydrogens (tertiary/aromatic N) is 2. The van der Waals surface area contributed by atoms with Crippen LogP contribution in [0.15, 0.2) is 66.7 Å². The van der Waals surface area contributed by atoms with Crippen LogP contribution in [-0.4, -0.2) is 43.0 Å². The van der Waals surface area contributed by atoms with Crippen molar-refractivity contribution in [1.82, 2.24) is 4.90 Å². The molecule has 0 bridgehead atoms. The molecule has 176 valence electrons. The van der Waals surface area contributed by atoms with Crippen molar-refractivity contribution >= 4 is 29.0 Å². The fourth-order valence-corrected chi connectivity index (χ4v) is 3.73. The minimum Gasteiger partial charge on any atom is -0.368 e. The zero-order valence-corrected chi connectivity index (χ0v) is 18.2. The molecule has 1 heterocycles. The van der Waals surface area contributed by atoms with Gasteiger partial charge in [0.05, 0.1) is 6.42 Å². The van der Waals surface area contributed by atoms with E-state index in [0.29, 0.717) is 31.9 Å². The number of hydrogen-bond acceptors (Lipinski definition) is 3. The number of nitrogens with one attached hydrogen (secondary N) is 2. The van der Waals surface area contributed by atoms with Crippen molar-refractivity contribution in [3.05, 3.63) is 89.7 Å². The van der Waals surface area contributed by atoms with Gasteiger partial charge in [0.2, 0.25) is 5.91 Å². The molecule has 3 aromatic carbocycles. The molecule has 34 heavy (non-hydrogen) atoms. The molecule has 0 atom stereocenters. The molecular weight excluding hydrogens is 445 g/mol. The van der Waals surface area contributed by atoms with Gasteiger partial charge >= 0.3 is 6.03 Å². The SMILES string of the molecule is O=C(Nc1ccc(N2CCN(C(=O)Cc3ccc(F)cc3)CC2)cc1)Nc1ccc(F)c(F)c1. The highest BCUT2D eigenvalue weighted by molar-refractivity contribution is 5.99. The number of piperazine rings is 1. The summed E-state index contributed by atoms with van der Waals surface area (Å²) in [6.07, 6.45) is 0.243. The van der Waals surface area contributed by atoms with Crippen LogP contribution in [-0.2, 0) is 11.2 Å². The number of halogens is 3. The fraction of sp³-hybridized carbons (Fsp3) is 0.200. The molecule has 1 fully saturated rings. The summed E-state index contributed by atoms with van der Waals surface area (Å²) in [5.74, 6) is -2.34. The molecule has 0 radical (unpaired) electrons. The maximum absolute atomic E-state index is 13.3. The van der Waals surface area contributed by atoms with Crippen molar-refractivity contribution in [1.29, 1.82) is 0 Å². The summed E-state index contributed by atoms with van der Waals surface area (Å²) in [5, 5.41) is 5.09. The van der Waals surface area contributed by atoms with Crippen LogP contribution < -0.4 is 15.5 Å². The molecule has 0 unspecified atom stereocenters. The van der Waals surface area contributed by atoms with Crippen molar-refractivity contribution < 1.29 is 22.8 Å². The monoisotopic (exact) mass is 468 g/mol. The van der Waals surface area contributed by atoms with E-state index in [0.717, 1.165) is 23.4 Å². The zero-order chi connectivity index (χ0) is 24.1. The number of benzene rings is 3. The molecule has 1 saturated heterocycles. The Hall–Kier alpha value is -4.01. The average Bonchev–Trinajstić information content (AvgIpc) is 2.83. The Morgan fingerprint density at radius 1 is 0.735 bits per heavy atom.